The van der Waals surface area contributed by atoms with Crippen molar-refractivity contribution in [3.8, 4) is 6.07 Å². The van der Waals surface area contributed by atoms with Crippen molar-refractivity contribution in [2.75, 3.05) is 26.2 Å². The Morgan fingerprint density at radius 3 is 2.14 bits per heavy atom. The molecule has 0 spiro atoms. The Morgan fingerprint density at radius 1 is 1.09 bits per heavy atom. The summed E-state index contributed by atoms with van der Waals surface area (Å²) in [5.74, 6) is 0. The quantitative estimate of drug-likeness (QED) is 0.772. The van der Waals surface area contributed by atoms with Gasteiger partial charge in [-0.05, 0) is 57.1 Å². The predicted octanol–water partition coefficient (Wildman–Crippen LogP) is 3.45. The van der Waals surface area contributed by atoms with Gasteiger partial charge in [-0.2, -0.15) is 5.26 Å². The van der Waals surface area contributed by atoms with Gasteiger partial charge in [-0.25, -0.2) is 0 Å². The molecular formula is C19H29N3. The average molecular weight is 299 g/mol. The number of likely N-dealkylation sites (tertiary alicyclic amines) is 1. The zero-order valence-electron chi connectivity index (χ0n) is 14.3. The van der Waals surface area contributed by atoms with Gasteiger partial charge in [0.15, 0.2) is 0 Å². The minimum Gasteiger partial charge on any atom is -0.300 e. The summed E-state index contributed by atoms with van der Waals surface area (Å²) < 4.78 is 0. The smallest absolute Gasteiger partial charge is 0.110 e. The van der Waals surface area contributed by atoms with E-state index in [1.165, 1.54) is 24.0 Å². The summed E-state index contributed by atoms with van der Waals surface area (Å²) in [5, 5.41) is 9.65. The van der Waals surface area contributed by atoms with Gasteiger partial charge in [-0.3, -0.25) is 9.80 Å². The lowest BCUT2D eigenvalue weighted by Gasteiger charge is -2.32. The molecule has 0 aliphatic carbocycles. The fourth-order valence-electron chi connectivity index (χ4n) is 3.30. The highest BCUT2D eigenvalue weighted by atomic mass is 15.2. The van der Waals surface area contributed by atoms with Crippen LogP contribution in [-0.2, 0) is 13.0 Å². The fraction of sp³-hybridized carbons (Fsp3) is 0.632. The van der Waals surface area contributed by atoms with Crippen LogP contribution >= 0.6 is 0 Å². The van der Waals surface area contributed by atoms with Gasteiger partial charge in [-0.1, -0.05) is 38.1 Å². The second-order valence-corrected chi connectivity index (χ2v) is 6.53. The molecule has 120 valence electrons. The molecule has 1 heterocycles. The van der Waals surface area contributed by atoms with E-state index in [1.807, 2.05) is 0 Å². The lowest BCUT2D eigenvalue weighted by molar-refractivity contribution is 0.191. The molecule has 0 aromatic heterocycles. The van der Waals surface area contributed by atoms with Gasteiger partial charge in [-0.15, -0.1) is 0 Å². The minimum atomic E-state index is -0.364. The molecule has 1 fully saturated rings. The van der Waals surface area contributed by atoms with E-state index in [9.17, 15) is 5.26 Å². The van der Waals surface area contributed by atoms with Gasteiger partial charge in [0.1, 0.15) is 5.54 Å². The molecule has 3 heteroatoms. The summed E-state index contributed by atoms with van der Waals surface area (Å²) in [5.41, 5.74) is 2.25. The molecule has 0 saturated carbocycles. The molecule has 0 radical (unpaired) electrons. The molecule has 2 rings (SSSR count). The number of hydrogen-bond acceptors (Lipinski definition) is 3. The molecule has 1 atom stereocenters. The van der Waals surface area contributed by atoms with Crippen LogP contribution in [-0.4, -0.2) is 41.5 Å². The van der Waals surface area contributed by atoms with E-state index in [0.29, 0.717) is 0 Å². The van der Waals surface area contributed by atoms with Crippen molar-refractivity contribution in [1.29, 1.82) is 5.26 Å². The number of benzene rings is 1. The van der Waals surface area contributed by atoms with Crippen molar-refractivity contribution >= 4 is 0 Å². The highest BCUT2D eigenvalue weighted by Gasteiger charge is 2.33. The van der Waals surface area contributed by atoms with Crippen molar-refractivity contribution < 1.29 is 0 Å². The molecule has 1 aliphatic rings. The Hall–Kier alpha value is -1.37. The van der Waals surface area contributed by atoms with E-state index in [2.05, 4.69) is 60.9 Å². The lowest BCUT2D eigenvalue weighted by atomic mass is 9.92. The molecule has 1 aromatic carbocycles. The summed E-state index contributed by atoms with van der Waals surface area (Å²) in [6.45, 7) is 11.8. The summed E-state index contributed by atoms with van der Waals surface area (Å²) in [6.07, 6.45) is 3.26. The van der Waals surface area contributed by atoms with E-state index in [-0.39, 0.29) is 5.54 Å². The van der Waals surface area contributed by atoms with Gasteiger partial charge in [0.05, 0.1) is 6.07 Å². The van der Waals surface area contributed by atoms with Gasteiger partial charge >= 0.3 is 0 Å². The van der Waals surface area contributed by atoms with Gasteiger partial charge in [0, 0.05) is 13.0 Å². The van der Waals surface area contributed by atoms with Gasteiger partial charge in [0.25, 0.3) is 0 Å². The third kappa shape index (κ3) is 4.09. The molecule has 0 amide bonds. The topological polar surface area (TPSA) is 30.3 Å². The summed E-state index contributed by atoms with van der Waals surface area (Å²) >= 11 is 0. The number of rotatable bonds is 7. The van der Waals surface area contributed by atoms with E-state index >= 15 is 0 Å². The van der Waals surface area contributed by atoms with Crippen molar-refractivity contribution in [2.45, 2.75) is 52.1 Å². The Bertz CT molecular complexity index is 492. The van der Waals surface area contributed by atoms with Crippen LogP contribution in [0.15, 0.2) is 24.3 Å². The molecule has 1 aromatic rings. The second-order valence-electron chi connectivity index (χ2n) is 6.53. The predicted molar refractivity (Wildman–Crippen MR) is 91.6 cm³/mol. The maximum atomic E-state index is 9.65. The summed E-state index contributed by atoms with van der Waals surface area (Å²) in [4.78, 5) is 4.76. The highest BCUT2D eigenvalue weighted by molar-refractivity contribution is 5.26. The minimum absolute atomic E-state index is 0.364. The number of hydrogen-bond donors (Lipinski definition) is 0. The fourth-order valence-corrected chi connectivity index (χ4v) is 3.30. The van der Waals surface area contributed by atoms with Crippen LogP contribution in [0.2, 0.25) is 0 Å². The lowest BCUT2D eigenvalue weighted by Crippen LogP contribution is -2.45. The summed E-state index contributed by atoms with van der Waals surface area (Å²) in [6, 6.07) is 11.4. The molecule has 1 saturated heterocycles. The highest BCUT2D eigenvalue weighted by Crippen LogP contribution is 2.25. The largest absolute Gasteiger partial charge is 0.300 e. The Kier molecular flexibility index (Phi) is 5.99. The molecule has 0 N–H and O–H groups in total. The first kappa shape index (κ1) is 17.0. The van der Waals surface area contributed by atoms with Crippen molar-refractivity contribution in [2.24, 2.45) is 0 Å². The normalized spacial score (nSPS) is 18.3. The first-order chi connectivity index (χ1) is 10.6. The Labute approximate surface area is 135 Å². The molecule has 0 bridgehead atoms. The van der Waals surface area contributed by atoms with Crippen LogP contribution in [0.5, 0.6) is 0 Å². The maximum absolute atomic E-state index is 9.65. The van der Waals surface area contributed by atoms with E-state index in [0.717, 1.165) is 39.1 Å². The maximum Gasteiger partial charge on any atom is 0.110 e. The first-order valence-electron chi connectivity index (χ1n) is 8.57. The van der Waals surface area contributed by atoms with E-state index < -0.39 is 0 Å². The van der Waals surface area contributed by atoms with Crippen LogP contribution in [0.3, 0.4) is 0 Å². The van der Waals surface area contributed by atoms with Crippen molar-refractivity contribution in [1.82, 2.24) is 9.80 Å². The third-order valence-electron chi connectivity index (χ3n) is 4.92. The molecule has 3 nitrogen and oxygen atoms in total. The van der Waals surface area contributed by atoms with Crippen LogP contribution in [0.4, 0.5) is 0 Å². The standard InChI is InChI=1S/C19H29N3/c1-4-21(5-2)15-18-10-8-17(9-11-18)14-19(3,16-20)22-12-6-7-13-22/h8-11H,4-7,12-15H2,1-3H3. The molecule has 1 aliphatic heterocycles. The summed E-state index contributed by atoms with van der Waals surface area (Å²) in [7, 11) is 0. The van der Waals surface area contributed by atoms with Crippen molar-refractivity contribution in [3.63, 3.8) is 0 Å². The number of nitrogens with zero attached hydrogens (tertiary/aromatic N) is 3. The van der Waals surface area contributed by atoms with Crippen molar-refractivity contribution in [3.05, 3.63) is 35.4 Å². The molecule has 1 unspecified atom stereocenters. The van der Waals surface area contributed by atoms with Gasteiger partial charge < -0.3 is 0 Å². The first-order valence-corrected chi connectivity index (χ1v) is 8.57. The monoisotopic (exact) mass is 299 g/mol. The Morgan fingerprint density at radius 2 is 1.64 bits per heavy atom. The van der Waals surface area contributed by atoms with E-state index in [1.54, 1.807) is 0 Å². The SMILES string of the molecule is CCN(CC)Cc1ccc(CC(C)(C#N)N2CCCC2)cc1. The Balaban J connectivity index is 2.02. The average Bonchev–Trinajstić information content (AvgIpc) is 3.09. The van der Waals surface area contributed by atoms with Crippen LogP contribution in [0.25, 0.3) is 0 Å². The van der Waals surface area contributed by atoms with Crippen LogP contribution < -0.4 is 0 Å². The molecular weight excluding hydrogens is 270 g/mol. The zero-order valence-corrected chi connectivity index (χ0v) is 14.3. The second kappa shape index (κ2) is 7.76. The van der Waals surface area contributed by atoms with Gasteiger partial charge in [0.2, 0.25) is 0 Å². The zero-order chi connectivity index (χ0) is 16.0. The van der Waals surface area contributed by atoms with E-state index in [4.69, 9.17) is 0 Å². The van der Waals surface area contributed by atoms with Crippen LogP contribution in [0.1, 0.15) is 44.7 Å². The molecule has 22 heavy (non-hydrogen) atoms. The third-order valence-corrected chi connectivity index (χ3v) is 4.92. The van der Waals surface area contributed by atoms with Crippen LogP contribution in [0, 0.1) is 11.3 Å². The number of nitriles is 1.